The second kappa shape index (κ2) is 15.6. The minimum absolute atomic E-state index is 0.0793. The number of aromatic nitrogens is 2. The molecule has 0 radical (unpaired) electrons. The molecule has 6 heterocycles. The molecule has 2 saturated heterocycles. The molecule has 2 atom stereocenters. The highest BCUT2D eigenvalue weighted by molar-refractivity contribution is 7.16. The topological polar surface area (TPSA) is 191 Å². The van der Waals surface area contributed by atoms with Crippen LogP contribution >= 0.6 is 22.7 Å². The van der Waals surface area contributed by atoms with Crippen LogP contribution < -0.4 is 10.6 Å². The fourth-order valence-corrected chi connectivity index (χ4v) is 7.96. The number of fused-ring (bicyclic) bond motifs is 2. The molecule has 18 heteroatoms. The molecule has 2 aromatic rings. The molecule has 48 heavy (non-hydrogen) atoms. The standard InChI is InChI=1S/C16H22N6O2S.C14H17N5O3S/c1-20(2)9-14(23)22-6-4-12-13(8-22)25-16(18-12)19-15(24)11-3-5-21(7-11)10-17;1-22-14(21)19-5-3-10-11(7-19)23-13(16-10)17-12(20)9-2-4-18(6-9)8-15/h11H,3-9H2,1-2H3,(H,18,19,24);9H,2-7H2,1H3,(H,16,17,20)/t11-;9-/m00/s1. The van der Waals surface area contributed by atoms with Crippen molar-refractivity contribution in [1.29, 1.82) is 10.5 Å². The second-order valence-corrected chi connectivity index (χ2v) is 14.4. The summed E-state index contributed by atoms with van der Waals surface area (Å²) in [6.07, 6.45) is 6.54. The lowest BCUT2D eigenvalue weighted by Crippen LogP contribution is -2.40. The van der Waals surface area contributed by atoms with Gasteiger partial charge in [0.1, 0.15) is 0 Å². The highest BCUT2D eigenvalue weighted by Gasteiger charge is 2.31. The number of likely N-dealkylation sites (tertiary alicyclic amines) is 2. The second-order valence-electron chi connectivity index (χ2n) is 12.3. The van der Waals surface area contributed by atoms with Crippen molar-refractivity contribution in [3.8, 4) is 12.4 Å². The maximum Gasteiger partial charge on any atom is 0.409 e. The third-order valence-corrected chi connectivity index (χ3v) is 10.6. The highest BCUT2D eigenvalue weighted by atomic mass is 32.1. The van der Waals surface area contributed by atoms with Crippen molar-refractivity contribution < 1.29 is 23.9 Å². The largest absolute Gasteiger partial charge is 0.453 e. The van der Waals surface area contributed by atoms with E-state index in [2.05, 4.69) is 33.0 Å². The summed E-state index contributed by atoms with van der Waals surface area (Å²) in [4.78, 5) is 67.9. The first-order valence-electron chi connectivity index (χ1n) is 15.7. The van der Waals surface area contributed by atoms with E-state index in [4.69, 9.17) is 15.3 Å². The number of amides is 4. The average molecular weight is 698 g/mol. The summed E-state index contributed by atoms with van der Waals surface area (Å²) < 4.78 is 4.73. The maximum absolute atomic E-state index is 12.3. The van der Waals surface area contributed by atoms with Crippen LogP contribution in [0, 0.1) is 34.7 Å². The summed E-state index contributed by atoms with van der Waals surface area (Å²) in [5, 5.41) is 24.6. The van der Waals surface area contributed by atoms with Gasteiger partial charge in [-0.1, -0.05) is 22.7 Å². The number of nitriles is 2. The number of anilines is 2. The zero-order chi connectivity index (χ0) is 34.4. The molecular formula is C30H39N11O5S2. The number of rotatable bonds is 6. The van der Waals surface area contributed by atoms with Gasteiger partial charge in [-0.05, 0) is 26.9 Å². The molecule has 0 spiro atoms. The van der Waals surface area contributed by atoms with Crippen LogP contribution in [0.25, 0.3) is 0 Å². The predicted molar refractivity (Wildman–Crippen MR) is 176 cm³/mol. The zero-order valence-electron chi connectivity index (χ0n) is 27.2. The van der Waals surface area contributed by atoms with Gasteiger partial charge in [0.15, 0.2) is 22.6 Å². The fraction of sp³-hybridized carbons (Fsp3) is 0.600. The Balaban J connectivity index is 0.000000188. The van der Waals surface area contributed by atoms with Crippen LogP contribution in [0.4, 0.5) is 15.1 Å². The van der Waals surface area contributed by atoms with Crippen LogP contribution in [0.5, 0.6) is 0 Å². The Morgan fingerprint density at radius 3 is 1.75 bits per heavy atom. The monoisotopic (exact) mass is 697 g/mol. The fourth-order valence-electron chi connectivity index (χ4n) is 5.91. The molecule has 0 bridgehead atoms. The van der Waals surface area contributed by atoms with Crippen molar-refractivity contribution in [3.63, 3.8) is 0 Å². The van der Waals surface area contributed by atoms with E-state index in [-0.39, 0.29) is 35.7 Å². The third-order valence-electron chi connectivity index (χ3n) is 8.56. The Morgan fingerprint density at radius 2 is 1.31 bits per heavy atom. The molecule has 16 nitrogen and oxygen atoms in total. The number of thiazole rings is 2. The Hall–Kier alpha value is -4.52. The van der Waals surface area contributed by atoms with Gasteiger partial charge in [-0.25, -0.2) is 14.8 Å². The number of hydrogen-bond acceptors (Lipinski definition) is 14. The summed E-state index contributed by atoms with van der Waals surface area (Å²) in [5.74, 6) is -0.416. The van der Waals surface area contributed by atoms with Gasteiger partial charge in [0, 0.05) is 61.9 Å². The quantitative estimate of drug-likeness (QED) is 0.413. The van der Waals surface area contributed by atoms with Gasteiger partial charge >= 0.3 is 6.09 Å². The van der Waals surface area contributed by atoms with Crippen LogP contribution in [0.1, 0.15) is 34.0 Å². The lowest BCUT2D eigenvalue weighted by atomic mass is 10.1. The smallest absolute Gasteiger partial charge is 0.409 e. The van der Waals surface area contributed by atoms with Crippen molar-refractivity contribution in [1.82, 2.24) is 34.5 Å². The first-order chi connectivity index (χ1) is 23.1. The van der Waals surface area contributed by atoms with Gasteiger partial charge in [-0.3, -0.25) is 14.4 Å². The first kappa shape index (κ1) is 34.8. The Kier molecular flexibility index (Phi) is 11.3. The molecule has 0 saturated carbocycles. The van der Waals surface area contributed by atoms with Crippen LogP contribution in [0.2, 0.25) is 0 Å². The van der Waals surface area contributed by atoms with Crippen molar-refractivity contribution >= 4 is 56.8 Å². The zero-order valence-corrected chi connectivity index (χ0v) is 28.9. The van der Waals surface area contributed by atoms with Crippen molar-refractivity contribution in [2.24, 2.45) is 11.8 Å². The number of carbonyl (C=O) groups is 4. The Bertz CT molecular complexity index is 1610. The summed E-state index contributed by atoms with van der Waals surface area (Å²) >= 11 is 2.83. The third kappa shape index (κ3) is 8.49. The predicted octanol–water partition coefficient (Wildman–Crippen LogP) is 1.34. The molecular weight excluding hydrogens is 659 g/mol. The summed E-state index contributed by atoms with van der Waals surface area (Å²) in [6.45, 7) is 4.83. The Labute approximate surface area is 286 Å². The van der Waals surface area contributed by atoms with E-state index < -0.39 is 0 Å². The van der Waals surface area contributed by atoms with E-state index in [1.54, 1.807) is 14.7 Å². The van der Waals surface area contributed by atoms with E-state index >= 15 is 0 Å². The van der Waals surface area contributed by atoms with Crippen molar-refractivity contribution in [2.45, 2.75) is 38.8 Å². The molecule has 6 rings (SSSR count). The van der Waals surface area contributed by atoms with Crippen molar-refractivity contribution in [2.75, 3.05) is 77.7 Å². The number of nitrogens with one attached hydrogen (secondary N) is 2. The van der Waals surface area contributed by atoms with Crippen LogP contribution in [0.3, 0.4) is 0 Å². The first-order valence-corrected chi connectivity index (χ1v) is 17.3. The van der Waals surface area contributed by atoms with E-state index in [0.29, 0.717) is 94.8 Å². The number of methoxy groups -OCH3 is 1. The number of carbonyl (C=O) groups excluding carboxylic acids is 4. The summed E-state index contributed by atoms with van der Waals surface area (Å²) in [5.41, 5.74) is 1.90. The van der Waals surface area contributed by atoms with Gasteiger partial charge < -0.3 is 39.9 Å². The minimum atomic E-state index is -0.350. The van der Waals surface area contributed by atoms with Gasteiger partial charge in [-0.2, -0.15) is 10.5 Å². The molecule has 0 aliphatic carbocycles. The molecule has 2 N–H and O–H groups in total. The van der Waals surface area contributed by atoms with Crippen LogP contribution in [-0.2, 0) is 45.1 Å². The maximum atomic E-state index is 12.3. The van der Waals surface area contributed by atoms with E-state index in [1.165, 1.54) is 29.8 Å². The molecule has 2 aromatic heterocycles. The van der Waals surface area contributed by atoms with E-state index in [9.17, 15) is 19.2 Å². The average Bonchev–Trinajstić information content (AvgIpc) is 3.89. The van der Waals surface area contributed by atoms with Crippen LogP contribution in [0.15, 0.2) is 0 Å². The number of hydrogen-bond donors (Lipinski definition) is 2. The van der Waals surface area contributed by atoms with E-state index in [0.717, 1.165) is 21.1 Å². The van der Waals surface area contributed by atoms with Gasteiger partial charge in [0.05, 0.1) is 50.0 Å². The molecule has 2 fully saturated rings. The normalized spacial score (nSPS) is 19.8. The van der Waals surface area contributed by atoms with Crippen LogP contribution in [-0.4, -0.2) is 125 Å². The molecule has 0 unspecified atom stereocenters. The summed E-state index contributed by atoms with van der Waals surface area (Å²) in [6, 6.07) is 0. The lowest BCUT2D eigenvalue weighted by molar-refractivity contribution is -0.132. The number of nitrogens with zero attached hydrogens (tertiary/aromatic N) is 9. The number of likely N-dealkylation sites (N-methyl/N-ethyl adjacent to an activating group) is 1. The molecule has 0 aromatic carbocycles. The molecule has 4 aliphatic rings. The van der Waals surface area contributed by atoms with E-state index in [1.807, 2.05) is 23.9 Å². The molecule has 4 amide bonds. The van der Waals surface area contributed by atoms with Crippen molar-refractivity contribution in [3.05, 3.63) is 21.1 Å². The minimum Gasteiger partial charge on any atom is -0.453 e. The Morgan fingerprint density at radius 1 is 0.833 bits per heavy atom. The highest BCUT2D eigenvalue weighted by Crippen LogP contribution is 2.31. The van der Waals surface area contributed by atoms with Gasteiger partial charge in [0.2, 0.25) is 17.7 Å². The molecule has 4 aliphatic heterocycles. The van der Waals surface area contributed by atoms with Gasteiger partial charge in [-0.15, -0.1) is 0 Å². The lowest BCUT2D eigenvalue weighted by Gasteiger charge is -2.27. The number of ether oxygens (including phenoxy) is 1. The van der Waals surface area contributed by atoms with Gasteiger partial charge in [0.25, 0.3) is 0 Å². The molecule has 256 valence electrons. The SMILES string of the molecule is CN(C)CC(=O)N1CCc2nc(NC(=O)[C@H]3CCN(C#N)C3)sc2C1.COC(=O)N1CCc2nc(NC(=O)[C@H]3CCN(C#N)C3)sc2C1. The summed E-state index contributed by atoms with van der Waals surface area (Å²) in [7, 11) is 5.12.